The van der Waals surface area contributed by atoms with E-state index in [1.54, 1.807) is 7.11 Å². The van der Waals surface area contributed by atoms with E-state index in [0.29, 0.717) is 29.4 Å². The smallest absolute Gasteiger partial charge is 0.162 e. The second-order valence-electron chi connectivity index (χ2n) is 3.77. The molecule has 18 heavy (non-hydrogen) atoms. The van der Waals surface area contributed by atoms with Gasteiger partial charge in [-0.05, 0) is 24.6 Å². The lowest BCUT2D eigenvalue weighted by atomic mass is 10.2. The number of ether oxygens (including phenoxy) is 2. The summed E-state index contributed by atoms with van der Waals surface area (Å²) in [4.78, 5) is 0. The van der Waals surface area contributed by atoms with Gasteiger partial charge in [-0.25, -0.2) is 4.63 Å². The van der Waals surface area contributed by atoms with Crippen molar-refractivity contribution >= 4 is 0 Å². The maximum absolute atomic E-state index is 5.65. The number of aromatic nitrogens is 2. The van der Waals surface area contributed by atoms with Crippen LogP contribution in [-0.2, 0) is 13.2 Å². The van der Waals surface area contributed by atoms with Crippen LogP contribution in [-0.4, -0.2) is 17.4 Å². The number of hydrogen-bond donors (Lipinski definition) is 1. The van der Waals surface area contributed by atoms with Crippen molar-refractivity contribution in [2.24, 2.45) is 5.73 Å². The number of benzene rings is 1. The molecule has 1 aromatic heterocycles. The predicted octanol–water partition coefficient (Wildman–Crippen LogP) is 1.42. The summed E-state index contributed by atoms with van der Waals surface area (Å²) in [6.45, 7) is 2.54. The predicted molar refractivity (Wildman–Crippen MR) is 64.3 cm³/mol. The fourth-order valence-electron chi connectivity index (χ4n) is 1.49. The maximum Gasteiger partial charge on any atom is 0.162 e. The minimum Gasteiger partial charge on any atom is -0.493 e. The molecule has 1 aromatic carbocycles. The van der Waals surface area contributed by atoms with Gasteiger partial charge in [0.25, 0.3) is 0 Å². The Morgan fingerprint density at radius 1 is 1.28 bits per heavy atom. The molecule has 6 nitrogen and oxygen atoms in total. The van der Waals surface area contributed by atoms with E-state index in [1.165, 1.54) is 0 Å². The van der Waals surface area contributed by atoms with Crippen LogP contribution in [0.2, 0.25) is 0 Å². The first-order chi connectivity index (χ1) is 8.74. The quantitative estimate of drug-likeness (QED) is 0.862. The minimum absolute atomic E-state index is 0.277. The molecule has 0 atom stereocenters. The monoisotopic (exact) mass is 249 g/mol. The molecule has 0 aliphatic heterocycles. The molecule has 0 radical (unpaired) electrons. The largest absolute Gasteiger partial charge is 0.493 e. The highest BCUT2D eigenvalue weighted by atomic mass is 16.6. The Morgan fingerprint density at radius 3 is 2.72 bits per heavy atom. The molecule has 0 fully saturated rings. The van der Waals surface area contributed by atoms with Crippen molar-refractivity contribution in [3.8, 4) is 11.5 Å². The molecule has 0 saturated heterocycles. The molecule has 96 valence electrons. The first kappa shape index (κ1) is 12.4. The molecular formula is C12H15N3O3. The number of nitrogens with two attached hydrogens (primary N) is 1. The highest BCUT2D eigenvalue weighted by Crippen LogP contribution is 2.28. The normalized spacial score (nSPS) is 10.4. The van der Waals surface area contributed by atoms with Crippen LogP contribution in [0.3, 0.4) is 0 Å². The summed E-state index contributed by atoms with van der Waals surface area (Å²) < 4.78 is 15.5. The minimum atomic E-state index is 0.277. The molecule has 0 saturated carbocycles. The summed E-state index contributed by atoms with van der Waals surface area (Å²) in [6.07, 6.45) is 0. The van der Waals surface area contributed by atoms with Crippen molar-refractivity contribution in [3.05, 3.63) is 35.2 Å². The first-order valence-electron chi connectivity index (χ1n) is 5.52. The Morgan fingerprint density at radius 2 is 2.11 bits per heavy atom. The van der Waals surface area contributed by atoms with E-state index in [0.717, 1.165) is 5.56 Å². The Labute approximate surface area is 105 Å². The van der Waals surface area contributed by atoms with Crippen LogP contribution in [0.1, 0.15) is 17.0 Å². The molecular weight excluding hydrogens is 234 g/mol. The number of methoxy groups -OCH3 is 1. The highest BCUT2D eigenvalue weighted by Gasteiger charge is 2.09. The van der Waals surface area contributed by atoms with E-state index < -0.39 is 0 Å². The molecule has 0 amide bonds. The van der Waals surface area contributed by atoms with Crippen molar-refractivity contribution in [2.75, 3.05) is 7.11 Å². The van der Waals surface area contributed by atoms with E-state index in [2.05, 4.69) is 14.9 Å². The molecule has 0 spiro atoms. The fourth-order valence-corrected chi connectivity index (χ4v) is 1.49. The van der Waals surface area contributed by atoms with Crippen LogP contribution in [0.4, 0.5) is 0 Å². The number of nitrogens with zero attached hydrogens (tertiary/aromatic N) is 2. The Bertz CT molecular complexity index is 525. The Hall–Kier alpha value is -2.08. The Kier molecular flexibility index (Phi) is 3.78. The molecule has 1 heterocycles. The summed E-state index contributed by atoms with van der Waals surface area (Å²) in [6, 6.07) is 5.57. The molecule has 2 N–H and O–H groups in total. The zero-order chi connectivity index (χ0) is 13.0. The van der Waals surface area contributed by atoms with Gasteiger partial charge in [-0.3, -0.25) is 0 Å². The van der Waals surface area contributed by atoms with Gasteiger partial charge in [-0.1, -0.05) is 16.4 Å². The van der Waals surface area contributed by atoms with Crippen LogP contribution in [0.15, 0.2) is 22.8 Å². The zero-order valence-corrected chi connectivity index (χ0v) is 10.3. The van der Waals surface area contributed by atoms with Gasteiger partial charge < -0.3 is 15.2 Å². The van der Waals surface area contributed by atoms with Crippen LogP contribution >= 0.6 is 0 Å². The lowest BCUT2D eigenvalue weighted by molar-refractivity contribution is 0.260. The topological polar surface area (TPSA) is 83.4 Å². The van der Waals surface area contributed by atoms with E-state index in [1.807, 2.05) is 25.1 Å². The summed E-state index contributed by atoms with van der Waals surface area (Å²) in [7, 11) is 1.59. The van der Waals surface area contributed by atoms with E-state index >= 15 is 0 Å². The second-order valence-corrected chi connectivity index (χ2v) is 3.77. The van der Waals surface area contributed by atoms with Gasteiger partial charge in [-0.15, -0.1) is 0 Å². The molecule has 6 heteroatoms. The molecule has 0 aliphatic rings. The standard InChI is InChI=1S/C12H15N3O3/c1-8-10(15-18-14-8)7-17-12-5-9(6-13)3-4-11(12)16-2/h3-5H,6-7,13H2,1-2H3. The maximum atomic E-state index is 5.65. The summed E-state index contributed by atoms with van der Waals surface area (Å²) >= 11 is 0. The lowest BCUT2D eigenvalue weighted by Crippen LogP contribution is -2.02. The molecule has 0 bridgehead atoms. The van der Waals surface area contributed by atoms with Crippen molar-refractivity contribution in [3.63, 3.8) is 0 Å². The number of hydrogen-bond acceptors (Lipinski definition) is 6. The van der Waals surface area contributed by atoms with Crippen molar-refractivity contribution < 1.29 is 14.1 Å². The number of rotatable bonds is 5. The van der Waals surface area contributed by atoms with Crippen LogP contribution in [0, 0.1) is 6.92 Å². The van der Waals surface area contributed by atoms with Gasteiger partial charge in [0.1, 0.15) is 18.0 Å². The van der Waals surface area contributed by atoms with E-state index in [9.17, 15) is 0 Å². The van der Waals surface area contributed by atoms with Crippen molar-refractivity contribution in [1.29, 1.82) is 0 Å². The summed E-state index contributed by atoms with van der Waals surface area (Å²) in [5.74, 6) is 1.28. The van der Waals surface area contributed by atoms with Crippen molar-refractivity contribution in [2.45, 2.75) is 20.1 Å². The van der Waals surface area contributed by atoms with Crippen molar-refractivity contribution in [1.82, 2.24) is 10.3 Å². The third-order valence-electron chi connectivity index (χ3n) is 2.57. The van der Waals surface area contributed by atoms with Gasteiger partial charge in [0.2, 0.25) is 0 Å². The molecule has 2 aromatic rings. The average molecular weight is 249 g/mol. The van der Waals surface area contributed by atoms with Gasteiger partial charge >= 0.3 is 0 Å². The third-order valence-corrected chi connectivity index (χ3v) is 2.57. The van der Waals surface area contributed by atoms with E-state index in [4.69, 9.17) is 15.2 Å². The van der Waals surface area contributed by atoms with Gasteiger partial charge in [0.15, 0.2) is 11.5 Å². The number of aryl methyl sites for hydroxylation is 1. The van der Waals surface area contributed by atoms with Gasteiger partial charge in [0, 0.05) is 6.54 Å². The van der Waals surface area contributed by atoms with Crippen LogP contribution in [0.5, 0.6) is 11.5 Å². The molecule has 0 aliphatic carbocycles. The zero-order valence-electron chi connectivity index (χ0n) is 10.3. The summed E-state index contributed by atoms with van der Waals surface area (Å²) in [5.41, 5.74) is 7.94. The molecule has 2 rings (SSSR count). The van der Waals surface area contributed by atoms with E-state index in [-0.39, 0.29) is 6.61 Å². The molecule has 0 unspecified atom stereocenters. The third kappa shape index (κ3) is 2.60. The average Bonchev–Trinajstić information content (AvgIpc) is 2.81. The van der Waals surface area contributed by atoms with Crippen LogP contribution < -0.4 is 15.2 Å². The van der Waals surface area contributed by atoms with Crippen LogP contribution in [0.25, 0.3) is 0 Å². The first-order valence-corrected chi connectivity index (χ1v) is 5.52. The second kappa shape index (κ2) is 5.50. The Balaban J connectivity index is 2.14. The highest BCUT2D eigenvalue weighted by molar-refractivity contribution is 5.43. The van der Waals surface area contributed by atoms with Gasteiger partial charge in [-0.2, -0.15) is 0 Å². The summed E-state index contributed by atoms with van der Waals surface area (Å²) in [5, 5.41) is 7.44. The lowest BCUT2D eigenvalue weighted by Gasteiger charge is -2.10. The fraction of sp³-hybridized carbons (Fsp3) is 0.333. The van der Waals surface area contributed by atoms with Gasteiger partial charge in [0.05, 0.1) is 7.11 Å². The SMILES string of the molecule is COc1ccc(CN)cc1OCc1nonc1C.